The number of ether oxygens (including phenoxy) is 1. The van der Waals surface area contributed by atoms with Crippen molar-refractivity contribution in [2.45, 2.75) is 44.4 Å². The molecular formula is C13H19BrN2O. The van der Waals surface area contributed by atoms with E-state index in [2.05, 4.69) is 39.2 Å². The lowest BCUT2D eigenvalue weighted by Crippen LogP contribution is -2.39. The predicted molar refractivity (Wildman–Crippen MR) is 72.1 cm³/mol. The molecular weight excluding hydrogens is 280 g/mol. The van der Waals surface area contributed by atoms with Gasteiger partial charge in [-0.1, -0.05) is 0 Å². The van der Waals surface area contributed by atoms with Crippen molar-refractivity contribution >= 4 is 15.9 Å². The largest absolute Gasteiger partial charge is 0.374 e. The summed E-state index contributed by atoms with van der Waals surface area (Å²) in [5, 5.41) is 3.36. The second kappa shape index (κ2) is 5.94. The topological polar surface area (TPSA) is 34.2 Å². The van der Waals surface area contributed by atoms with Gasteiger partial charge in [-0.3, -0.25) is 4.98 Å². The van der Waals surface area contributed by atoms with Crippen LogP contribution in [0.3, 0.4) is 0 Å². The van der Waals surface area contributed by atoms with Crippen molar-refractivity contribution in [3.8, 4) is 0 Å². The Bertz CT molecular complexity index is 372. The SMILES string of the molecule is CNC(Cc1cncc(Br)c1)C1CCC(C)O1. The molecule has 0 spiro atoms. The van der Waals surface area contributed by atoms with Crippen LogP contribution in [0.1, 0.15) is 25.3 Å². The highest BCUT2D eigenvalue weighted by molar-refractivity contribution is 9.10. The highest BCUT2D eigenvalue weighted by atomic mass is 79.9. The van der Waals surface area contributed by atoms with Crippen molar-refractivity contribution < 1.29 is 4.74 Å². The summed E-state index contributed by atoms with van der Waals surface area (Å²) in [5.74, 6) is 0. The van der Waals surface area contributed by atoms with E-state index < -0.39 is 0 Å². The van der Waals surface area contributed by atoms with E-state index in [1.807, 2.05) is 19.4 Å². The van der Waals surface area contributed by atoms with Crippen molar-refractivity contribution in [3.63, 3.8) is 0 Å². The normalized spacial score (nSPS) is 26.1. The summed E-state index contributed by atoms with van der Waals surface area (Å²) in [6, 6.07) is 2.49. The molecule has 17 heavy (non-hydrogen) atoms. The molecule has 94 valence electrons. The second-order valence-electron chi connectivity index (χ2n) is 4.67. The monoisotopic (exact) mass is 298 g/mol. The fourth-order valence-corrected chi connectivity index (χ4v) is 2.78. The van der Waals surface area contributed by atoms with Gasteiger partial charge in [0.1, 0.15) is 0 Å². The smallest absolute Gasteiger partial charge is 0.0735 e. The Kier molecular flexibility index (Phi) is 4.54. The maximum Gasteiger partial charge on any atom is 0.0735 e. The molecule has 1 saturated heterocycles. The molecule has 2 heterocycles. The fraction of sp³-hybridized carbons (Fsp3) is 0.615. The van der Waals surface area contributed by atoms with Crippen molar-refractivity contribution in [3.05, 3.63) is 28.5 Å². The molecule has 0 aliphatic carbocycles. The Morgan fingerprint density at radius 3 is 2.94 bits per heavy atom. The van der Waals surface area contributed by atoms with E-state index in [4.69, 9.17) is 4.74 Å². The summed E-state index contributed by atoms with van der Waals surface area (Å²) < 4.78 is 6.96. The molecule has 0 saturated carbocycles. The molecule has 1 aliphatic heterocycles. The van der Waals surface area contributed by atoms with Gasteiger partial charge >= 0.3 is 0 Å². The molecule has 3 unspecified atom stereocenters. The minimum absolute atomic E-state index is 0.328. The van der Waals surface area contributed by atoms with E-state index in [0.717, 1.165) is 17.3 Å². The summed E-state index contributed by atoms with van der Waals surface area (Å²) in [4.78, 5) is 4.20. The molecule has 3 atom stereocenters. The van der Waals surface area contributed by atoms with Crippen LogP contribution in [0.15, 0.2) is 22.9 Å². The molecule has 0 radical (unpaired) electrons. The summed E-state index contributed by atoms with van der Waals surface area (Å²) >= 11 is 3.45. The molecule has 0 amide bonds. The van der Waals surface area contributed by atoms with E-state index in [9.17, 15) is 0 Å². The molecule has 1 aliphatic rings. The third kappa shape index (κ3) is 3.50. The molecule has 4 heteroatoms. The van der Waals surface area contributed by atoms with E-state index in [1.54, 1.807) is 0 Å². The van der Waals surface area contributed by atoms with Gasteiger partial charge in [-0.2, -0.15) is 0 Å². The lowest BCUT2D eigenvalue weighted by molar-refractivity contribution is 0.0337. The number of likely N-dealkylation sites (N-methyl/N-ethyl adjacent to an activating group) is 1. The van der Waals surface area contributed by atoms with Crippen LogP contribution in [-0.2, 0) is 11.2 Å². The lowest BCUT2D eigenvalue weighted by Gasteiger charge is -2.23. The Labute approximate surface area is 111 Å². The molecule has 1 aromatic heterocycles. The Hall–Kier alpha value is -0.450. The minimum atomic E-state index is 0.328. The van der Waals surface area contributed by atoms with Gasteiger partial charge in [0.15, 0.2) is 0 Å². The Morgan fingerprint density at radius 2 is 2.35 bits per heavy atom. The second-order valence-corrected chi connectivity index (χ2v) is 5.59. The number of hydrogen-bond donors (Lipinski definition) is 1. The van der Waals surface area contributed by atoms with Crippen molar-refractivity contribution in [1.29, 1.82) is 0 Å². The van der Waals surface area contributed by atoms with Gasteiger partial charge in [-0.25, -0.2) is 0 Å². The maximum atomic E-state index is 5.92. The first-order valence-corrected chi connectivity index (χ1v) is 6.90. The number of hydrogen-bond acceptors (Lipinski definition) is 3. The van der Waals surface area contributed by atoms with Crippen molar-refractivity contribution in [1.82, 2.24) is 10.3 Å². The van der Waals surface area contributed by atoms with E-state index >= 15 is 0 Å². The Morgan fingerprint density at radius 1 is 1.53 bits per heavy atom. The predicted octanol–water partition coefficient (Wildman–Crippen LogP) is 2.54. The van der Waals surface area contributed by atoms with Gasteiger partial charge in [0.2, 0.25) is 0 Å². The standard InChI is InChI=1S/C13H19BrN2O/c1-9-3-4-13(17-9)12(15-2)6-10-5-11(14)8-16-7-10/h5,7-9,12-13,15H,3-4,6H2,1-2H3. The minimum Gasteiger partial charge on any atom is -0.374 e. The molecule has 1 N–H and O–H groups in total. The van der Waals surface area contributed by atoms with Crippen LogP contribution in [0.2, 0.25) is 0 Å². The van der Waals surface area contributed by atoms with Crippen LogP contribution in [-0.4, -0.2) is 30.3 Å². The summed E-state index contributed by atoms with van der Waals surface area (Å²) in [7, 11) is 2.00. The molecule has 0 aromatic carbocycles. The van der Waals surface area contributed by atoms with Crippen molar-refractivity contribution in [2.24, 2.45) is 0 Å². The Balaban J connectivity index is 2.00. The number of halogens is 1. The van der Waals surface area contributed by atoms with Crippen molar-refractivity contribution in [2.75, 3.05) is 7.05 Å². The zero-order valence-corrected chi connectivity index (χ0v) is 11.9. The van der Waals surface area contributed by atoms with Crippen LogP contribution in [0.25, 0.3) is 0 Å². The maximum absolute atomic E-state index is 5.92. The van der Waals surface area contributed by atoms with E-state index in [-0.39, 0.29) is 0 Å². The fourth-order valence-electron chi connectivity index (χ4n) is 2.37. The average molecular weight is 299 g/mol. The molecule has 1 fully saturated rings. The summed E-state index contributed by atoms with van der Waals surface area (Å²) in [6.45, 7) is 2.15. The highest BCUT2D eigenvalue weighted by Crippen LogP contribution is 2.23. The molecule has 1 aromatic rings. The molecule has 0 bridgehead atoms. The summed E-state index contributed by atoms with van der Waals surface area (Å²) in [6.07, 6.45) is 7.73. The quantitative estimate of drug-likeness (QED) is 0.928. The third-order valence-corrected chi connectivity index (χ3v) is 3.74. The van der Waals surface area contributed by atoms with Gasteiger partial charge in [0.25, 0.3) is 0 Å². The highest BCUT2D eigenvalue weighted by Gasteiger charge is 2.28. The third-order valence-electron chi connectivity index (χ3n) is 3.30. The zero-order valence-electron chi connectivity index (χ0n) is 10.3. The first kappa shape index (κ1) is 13.0. The van der Waals surface area contributed by atoms with Crippen LogP contribution < -0.4 is 5.32 Å². The molecule has 2 rings (SSSR count). The lowest BCUT2D eigenvalue weighted by atomic mass is 10.0. The first-order chi connectivity index (χ1) is 8.19. The van der Waals surface area contributed by atoms with Crippen LogP contribution in [0.4, 0.5) is 0 Å². The summed E-state index contributed by atoms with van der Waals surface area (Å²) in [5.41, 5.74) is 1.24. The van der Waals surface area contributed by atoms with Crippen LogP contribution in [0, 0.1) is 0 Å². The van der Waals surface area contributed by atoms with Crippen LogP contribution >= 0.6 is 15.9 Å². The number of pyridine rings is 1. The van der Waals surface area contributed by atoms with Gasteiger partial charge in [0, 0.05) is 22.9 Å². The first-order valence-electron chi connectivity index (χ1n) is 6.11. The number of rotatable bonds is 4. The van der Waals surface area contributed by atoms with E-state index in [1.165, 1.54) is 12.0 Å². The van der Waals surface area contributed by atoms with Gasteiger partial charge in [-0.15, -0.1) is 0 Å². The number of nitrogens with one attached hydrogen (secondary N) is 1. The van der Waals surface area contributed by atoms with Gasteiger partial charge in [0.05, 0.1) is 12.2 Å². The van der Waals surface area contributed by atoms with Crippen LogP contribution in [0.5, 0.6) is 0 Å². The van der Waals surface area contributed by atoms with E-state index in [0.29, 0.717) is 18.2 Å². The zero-order chi connectivity index (χ0) is 12.3. The number of aromatic nitrogens is 1. The molecule has 3 nitrogen and oxygen atoms in total. The average Bonchev–Trinajstić information content (AvgIpc) is 2.73. The van der Waals surface area contributed by atoms with Gasteiger partial charge < -0.3 is 10.1 Å². The number of nitrogens with zero attached hydrogens (tertiary/aromatic N) is 1. The van der Waals surface area contributed by atoms with Gasteiger partial charge in [-0.05, 0) is 60.8 Å².